The first kappa shape index (κ1) is 19.0. The lowest BCUT2D eigenvalue weighted by molar-refractivity contribution is -0.137. The Kier molecular flexibility index (Phi) is 5.88. The molecule has 0 unspecified atom stereocenters. The first-order valence-electron chi connectivity index (χ1n) is 8.26. The first-order valence-corrected chi connectivity index (χ1v) is 8.26. The van der Waals surface area contributed by atoms with E-state index >= 15 is 0 Å². The highest BCUT2D eigenvalue weighted by Gasteiger charge is 2.30. The Balaban J connectivity index is 2.49. The Labute approximate surface area is 146 Å². The van der Waals surface area contributed by atoms with Crippen molar-refractivity contribution < 1.29 is 18.0 Å². The van der Waals surface area contributed by atoms with Crippen LogP contribution in [-0.4, -0.2) is 24.9 Å². The van der Waals surface area contributed by atoms with Gasteiger partial charge in [0.05, 0.1) is 5.56 Å². The van der Waals surface area contributed by atoms with Crippen LogP contribution in [0.1, 0.15) is 41.3 Å². The number of carbonyl (C=O) groups excluding carboxylic acids is 1. The number of amides is 1. The van der Waals surface area contributed by atoms with E-state index in [1.807, 2.05) is 12.1 Å². The molecule has 0 bridgehead atoms. The smallest absolute Gasteiger partial charge is 0.345 e. The van der Waals surface area contributed by atoms with E-state index in [0.29, 0.717) is 16.7 Å². The van der Waals surface area contributed by atoms with Crippen molar-refractivity contribution in [1.82, 2.24) is 4.90 Å². The van der Waals surface area contributed by atoms with E-state index in [-0.39, 0.29) is 5.91 Å². The molecular weight excluding hydrogens is 327 g/mol. The van der Waals surface area contributed by atoms with Gasteiger partial charge in [-0.15, -0.1) is 0 Å². The maximum atomic E-state index is 12.8. The summed E-state index contributed by atoms with van der Waals surface area (Å²) >= 11 is 0. The second-order valence-electron chi connectivity index (χ2n) is 6.26. The molecule has 1 amide bonds. The zero-order chi connectivity index (χ0) is 18.6. The highest BCUT2D eigenvalue weighted by molar-refractivity contribution is 6.00. The molecule has 0 N–H and O–H groups in total. The van der Waals surface area contributed by atoms with Crippen LogP contribution >= 0.6 is 0 Å². The Hall–Kier alpha value is -2.30. The fourth-order valence-corrected chi connectivity index (χ4v) is 2.63. The predicted octanol–water partition coefficient (Wildman–Crippen LogP) is 5.42. The van der Waals surface area contributed by atoms with E-state index in [1.54, 1.807) is 20.2 Å². The highest BCUT2D eigenvalue weighted by Crippen LogP contribution is 2.32. The number of rotatable bonds is 5. The summed E-state index contributed by atoms with van der Waals surface area (Å²) in [7, 11) is 3.31. The summed E-state index contributed by atoms with van der Waals surface area (Å²) in [5.41, 5.74) is 2.15. The molecule has 0 atom stereocenters. The number of unbranched alkanes of at least 4 members (excludes halogenated alkanes) is 1. The van der Waals surface area contributed by atoms with Crippen LogP contribution in [0.4, 0.5) is 13.2 Å². The van der Waals surface area contributed by atoms with E-state index in [4.69, 9.17) is 0 Å². The Bertz CT molecular complexity index is 734. The van der Waals surface area contributed by atoms with Crippen LogP contribution in [0.25, 0.3) is 11.1 Å². The van der Waals surface area contributed by atoms with Gasteiger partial charge in [0.2, 0.25) is 0 Å². The van der Waals surface area contributed by atoms with Crippen LogP contribution in [0.2, 0.25) is 0 Å². The summed E-state index contributed by atoms with van der Waals surface area (Å²) < 4.78 is 38.3. The van der Waals surface area contributed by atoms with Gasteiger partial charge in [0, 0.05) is 19.7 Å². The van der Waals surface area contributed by atoms with E-state index in [2.05, 4.69) is 6.92 Å². The third-order valence-electron chi connectivity index (χ3n) is 4.06. The van der Waals surface area contributed by atoms with Crippen LogP contribution in [0.5, 0.6) is 0 Å². The van der Waals surface area contributed by atoms with E-state index in [0.717, 1.165) is 37.0 Å². The monoisotopic (exact) mass is 349 g/mol. The molecule has 0 aliphatic rings. The van der Waals surface area contributed by atoms with Crippen LogP contribution < -0.4 is 0 Å². The number of carbonyl (C=O) groups is 1. The van der Waals surface area contributed by atoms with Crippen molar-refractivity contribution >= 4 is 5.91 Å². The van der Waals surface area contributed by atoms with Crippen molar-refractivity contribution in [3.8, 4) is 11.1 Å². The van der Waals surface area contributed by atoms with Gasteiger partial charge >= 0.3 is 6.18 Å². The average Bonchev–Trinajstić information content (AvgIpc) is 2.58. The fraction of sp³-hybridized carbons (Fsp3) is 0.350. The van der Waals surface area contributed by atoms with Gasteiger partial charge in [-0.25, -0.2) is 0 Å². The number of benzene rings is 2. The van der Waals surface area contributed by atoms with Gasteiger partial charge in [-0.1, -0.05) is 37.6 Å². The molecule has 134 valence electrons. The van der Waals surface area contributed by atoms with E-state index in [9.17, 15) is 18.0 Å². The summed E-state index contributed by atoms with van der Waals surface area (Å²) in [6, 6.07) is 10.5. The molecule has 5 heteroatoms. The van der Waals surface area contributed by atoms with Gasteiger partial charge in [0.15, 0.2) is 0 Å². The molecule has 0 aromatic heterocycles. The highest BCUT2D eigenvalue weighted by atomic mass is 19.4. The fourth-order valence-electron chi connectivity index (χ4n) is 2.63. The van der Waals surface area contributed by atoms with Crippen molar-refractivity contribution in [3.05, 3.63) is 59.2 Å². The van der Waals surface area contributed by atoms with Crippen LogP contribution in [0.15, 0.2) is 42.5 Å². The lowest BCUT2D eigenvalue weighted by atomic mass is 9.94. The molecule has 0 saturated heterocycles. The standard InChI is InChI=1S/C20H22F3NO/c1-4-5-6-14-7-12-17(19(25)24(2)3)18(13-14)15-8-10-16(11-9-15)20(21,22)23/h7-13H,4-6H2,1-3H3. The zero-order valence-corrected chi connectivity index (χ0v) is 14.7. The number of hydrogen-bond acceptors (Lipinski definition) is 1. The molecule has 0 radical (unpaired) electrons. The molecule has 2 aromatic carbocycles. The van der Waals surface area contributed by atoms with Gasteiger partial charge in [-0.2, -0.15) is 13.2 Å². The van der Waals surface area contributed by atoms with Crippen LogP contribution in [0.3, 0.4) is 0 Å². The lowest BCUT2D eigenvalue weighted by Crippen LogP contribution is -2.22. The van der Waals surface area contributed by atoms with Crippen LogP contribution in [0, 0.1) is 0 Å². The molecule has 0 fully saturated rings. The molecule has 0 aliphatic heterocycles. The van der Waals surface area contributed by atoms with Gasteiger partial charge in [-0.05, 0) is 47.7 Å². The molecule has 2 rings (SSSR count). The van der Waals surface area contributed by atoms with Crippen molar-refractivity contribution in [1.29, 1.82) is 0 Å². The summed E-state index contributed by atoms with van der Waals surface area (Å²) in [5, 5.41) is 0. The zero-order valence-electron chi connectivity index (χ0n) is 14.7. The molecular formula is C20H22F3NO. The van der Waals surface area contributed by atoms with Gasteiger partial charge in [0.25, 0.3) is 5.91 Å². The third kappa shape index (κ3) is 4.62. The number of nitrogens with zero attached hydrogens (tertiary/aromatic N) is 1. The summed E-state index contributed by atoms with van der Waals surface area (Å²) in [6.45, 7) is 2.10. The van der Waals surface area contributed by atoms with Crippen LogP contribution in [-0.2, 0) is 12.6 Å². The minimum Gasteiger partial charge on any atom is -0.345 e. The maximum absolute atomic E-state index is 12.8. The number of alkyl halides is 3. The molecule has 25 heavy (non-hydrogen) atoms. The quantitative estimate of drug-likeness (QED) is 0.706. The Morgan fingerprint density at radius 3 is 2.20 bits per heavy atom. The number of aryl methyl sites for hydroxylation is 1. The van der Waals surface area contributed by atoms with E-state index < -0.39 is 11.7 Å². The minimum absolute atomic E-state index is 0.170. The molecule has 2 nitrogen and oxygen atoms in total. The molecule has 0 spiro atoms. The van der Waals surface area contributed by atoms with Gasteiger partial charge in [-0.3, -0.25) is 4.79 Å². The third-order valence-corrected chi connectivity index (χ3v) is 4.06. The Morgan fingerprint density at radius 1 is 1.04 bits per heavy atom. The molecule has 0 heterocycles. The largest absolute Gasteiger partial charge is 0.416 e. The summed E-state index contributed by atoms with van der Waals surface area (Å²) in [5.74, 6) is -0.170. The molecule has 2 aromatic rings. The molecule has 0 saturated carbocycles. The predicted molar refractivity (Wildman–Crippen MR) is 93.5 cm³/mol. The van der Waals surface area contributed by atoms with Crippen molar-refractivity contribution in [2.24, 2.45) is 0 Å². The normalized spacial score (nSPS) is 11.4. The summed E-state index contributed by atoms with van der Waals surface area (Å²) in [6.07, 6.45) is -1.42. The topological polar surface area (TPSA) is 20.3 Å². The van der Waals surface area contributed by atoms with Gasteiger partial charge < -0.3 is 4.90 Å². The second kappa shape index (κ2) is 7.72. The first-order chi connectivity index (χ1) is 11.7. The average molecular weight is 349 g/mol. The van der Waals surface area contributed by atoms with Crippen molar-refractivity contribution in [2.75, 3.05) is 14.1 Å². The lowest BCUT2D eigenvalue weighted by Gasteiger charge is -2.16. The number of halogens is 3. The Morgan fingerprint density at radius 2 is 1.68 bits per heavy atom. The van der Waals surface area contributed by atoms with Crippen molar-refractivity contribution in [2.45, 2.75) is 32.4 Å². The maximum Gasteiger partial charge on any atom is 0.416 e. The molecule has 0 aliphatic carbocycles. The van der Waals surface area contributed by atoms with Gasteiger partial charge in [0.1, 0.15) is 0 Å². The second-order valence-corrected chi connectivity index (χ2v) is 6.26. The number of hydrogen-bond donors (Lipinski definition) is 0. The van der Waals surface area contributed by atoms with Crippen molar-refractivity contribution in [3.63, 3.8) is 0 Å². The minimum atomic E-state index is -4.37. The van der Waals surface area contributed by atoms with E-state index in [1.165, 1.54) is 17.0 Å². The summed E-state index contributed by atoms with van der Waals surface area (Å²) in [4.78, 5) is 13.9. The SMILES string of the molecule is CCCCc1ccc(C(=O)N(C)C)c(-c2ccc(C(F)(F)F)cc2)c1.